The molecule has 3 aromatic rings. The lowest BCUT2D eigenvalue weighted by molar-refractivity contribution is -0.152. The fourth-order valence-electron chi connectivity index (χ4n) is 5.05. The highest BCUT2D eigenvalue weighted by Crippen LogP contribution is 2.54. The number of rotatable bonds is 4. The Bertz CT molecular complexity index is 1090. The van der Waals surface area contributed by atoms with Crippen molar-refractivity contribution in [2.75, 3.05) is 19.7 Å². The summed E-state index contributed by atoms with van der Waals surface area (Å²) in [5.74, 6) is -0.336. The van der Waals surface area contributed by atoms with Crippen molar-refractivity contribution in [2.24, 2.45) is 0 Å². The van der Waals surface area contributed by atoms with E-state index in [4.69, 9.17) is 0 Å². The Hall–Kier alpha value is -3.58. The van der Waals surface area contributed by atoms with Crippen molar-refractivity contribution in [1.82, 2.24) is 19.8 Å². The second-order valence-electron chi connectivity index (χ2n) is 8.06. The molecule has 0 bridgehead atoms. The predicted molar refractivity (Wildman–Crippen MR) is 113 cm³/mol. The molecule has 2 atom stereocenters. The molecule has 2 aliphatic heterocycles. The summed E-state index contributed by atoms with van der Waals surface area (Å²) in [5.41, 5.74) is 1.51. The van der Waals surface area contributed by atoms with E-state index in [0.717, 1.165) is 5.56 Å². The van der Waals surface area contributed by atoms with Crippen LogP contribution in [0.15, 0.2) is 79.4 Å². The summed E-state index contributed by atoms with van der Waals surface area (Å²) >= 11 is 0. The fraction of sp³-hybridized carbons (Fsp3) is 0.250. The van der Waals surface area contributed by atoms with Gasteiger partial charge in [0.05, 0.1) is 29.3 Å². The first-order valence-corrected chi connectivity index (χ1v) is 10.2. The van der Waals surface area contributed by atoms with E-state index in [-0.39, 0.29) is 30.4 Å². The second-order valence-corrected chi connectivity index (χ2v) is 8.06. The number of hydrogen-bond donors (Lipinski definition) is 1. The van der Waals surface area contributed by atoms with E-state index in [1.165, 1.54) is 6.20 Å². The Morgan fingerprint density at radius 3 is 2.06 bits per heavy atom. The topological polar surface area (TPSA) is 86.6 Å². The standard InChI is InChI=1S/C24H22N4O3/c29-14-20-21(17-6-2-1-3-7-17)24(28(20)23(31)19-9-5-11-26-13-19)15-27(16-24)22(30)18-8-4-10-25-12-18/h1-13,20-21,29H,14-16H2/t20-,21-/m1/s1. The average molecular weight is 414 g/mol. The molecule has 0 unspecified atom stereocenters. The van der Waals surface area contributed by atoms with Crippen molar-refractivity contribution in [3.63, 3.8) is 0 Å². The van der Waals surface area contributed by atoms with Crippen molar-refractivity contribution in [1.29, 1.82) is 0 Å². The van der Waals surface area contributed by atoms with E-state index in [9.17, 15) is 14.7 Å². The molecular formula is C24H22N4O3. The maximum atomic E-state index is 13.4. The molecule has 0 radical (unpaired) electrons. The van der Waals surface area contributed by atoms with Crippen LogP contribution in [0.5, 0.6) is 0 Å². The summed E-state index contributed by atoms with van der Waals surface area (Å²) < 4.78 is 0. The minimum Gasteiger partial charge on any atom is -0.394 e. The molecule has 7 heteroatoms. The van der Waals surface area contributed by atoms with Crippen LogP contribution in [0.1, 0.15) is 32.2 Å². The highest BCUT2D eigenvalue weighted by Gasteiger charge is 2.68. The number of amides is 2. The Kier molecular flexibility index (Phi) is 4.75. The highest BCUT2D eigenvalue weighted by atomic mass is 16.3. The van der Waals surface area contributed by atoms with E-state index < -0.39 is 5.54 Å². The van der Waals surface area contributed by atoms with E-state index in [1.54, 1.807) is 52.7 Å². The summed E-state index contributed by atoms with van der Waals surface area (Å²) in [4.78, 5) is 37.9. The van der Waals surface area contributed by atoms with Crippen molar-refractivity contribution in [2.45, 2.75) is 17.5 Å². The first-order valence-electron chi connectivity index (χ1n) is 10.2. The lowest BCUT2D eigenvalue weighted by Crippen LogP contribution is -2.86. The van der Waals surface area contributed by atoms with Gasteiger partial charge in [0.25, 0.3) is 11.8 Å². The molecule has 7 nitrogen and oxygen atoms in total. The monoisotopic (exact) mass is 414 g/mol. The van der Waals surface area contributed by atoms with Gasteiger partial charge in [0.15, 0.2) is 0 Å². The number of hydrogen-bond acceptors (Lipinski definition) is 5. The molecule has 1 spiro atoms. The van der Waals surface area contributed by atoms with Gasteiger partial charge in [-0.25, -0.2) is 0 Å². The van der Waals surface area contributed by atoms with Crippen LogP contribution in [0.3, 0.4) is 0 Å². The zero-order valence-electron chi connectivity index (χ0n) is 16.8. The third-order valence-corrected chi connectivity index (χ3v) is 6.37. The average Bonchev–Trinajstić information content (AvgIpc) is 2.79. The van der Waals surface area contributed by atoms with Gasteiger partial charge in [-0.15, -0.1) is 0 Å². The first kappa shape index (κ1) is 19.4. The van der Waals surface area contributed by atoms with Crippen molar-refractivity contribution in [3.05, 3.63) is 96.1 Å². The number of aliphatic hydroxyl groups is 1. The molecule has 2 saturated heterocycles. The zero-order chi connectivity index (χ0) is 21.4. The lowest BCUT2D eigenvalue weighted by atomic mass is 9.60. The number of carbonyl (C=O) groups excluding carboxylic acids is 2. The first-order chi connectivity index (χ1) is 15.2. The zero-order valence-corrected chi connectivity index (χ0v) is 16.8. The third kappa shape index (κ3) is 3.00. The van der Waals surface area contributed by atoms with Gasteiger partial charge in [-0.2, -0.15) is 0 Å². The number of pyridine rings is 2. The quantitative estimate of drug-likeness (QED) is 0.705. The van der Waals surface area contributed by atoms with Gasteiger partial charge in [-0.1, -0.05) is 30.3 Å². The molecule has 4 heterocycles. The Morgan fingerprint density at radius 2 is 1.52 bits per heavy atom. The molecule has 2 aromatic heterocycles. The largest absolute Gasteiger partial charge is 0.394 e. The number of likely N-dealkylation sites (tertiary alicyclic amines) is 2. The molecule has 2 aliphatic rings. The smallest absolute Gasteiger partial charge is 0.256 e. The summed E-state index contributed by atoms with van der Waals surface area (Å²) in [5, 5.41) is 10.2. The Morgan fingerprint density at radius 1 is 0.903 bits per heavy atom. The summed E-state index contributed by atoms with van der Waals surface area (Å²) in [6, 6.07) is 16.5. The van der Waals surface area contributed by atoms with Gasteiger partial charge < -0.3 is 14.9 Å². The van der Waals surface area contributed by atoms with Crippen LogP contribution in [0.25, 0.3) is 0 Å². The number of carbonyl (C=O) groups is 2. The molecule has 0 aliphatic carbocycles. The van der Waals surface area contributed by atoms with E-state index in [0.29, 0.717) is 24.2 Å². The molecule has 1 aromatic carbocycles. The number of aliphatic hydroxyl groups excluding tert-OH is 1. The lowest BCUT2D eigenvalue weighted by Gasteiger charge is -2.70. The summed E-state index contributed by atoms with van der Waals surface area (Å²) in [6.45, 7) is 0.662. The maximum absolute atomic E-state index is 13.4. The van der Waals surface area contributed by atoms with Gasteiger partial charge in [0.1, 0.15) is 0 Å². The fourth-order valence-corrected chi connectivity index (χ4v) is 5.05. The van der Waals surface area contributed by atoms with Crippen LogP contribution in [0.2, 0.25) is 0 Å². The van der Waals surface area contributed by atoms with Crippen molar-refractivity contribution in [3.8, 4) is 0 Å². The summed E-state index contributed by atoms with van der Waals surface area (Å²) in [7, 11) is 0. The Labute approximate surface area is 180 Å². The second kappa shape index (κ2) is 7.59. The molecule has 156 valence electrons. The maximum Gasteiger partial charge on any atom is 0.256 e. The predicted octanol–water partition coefficient (Wildman–Crippen LogP) is 1.97. The van der Waals surface area contributed by atoms with Crippen LogP contribution < -0.4 is 0 Å². The van der Waals surface area contributed by atoms with E-state index in [2.05, 4.69) is 9.97 Å². The van der Waals surface area contributed by atoms with Crippen molar-refractivity contribution >= 4 is 11.8 Å². The SMILES string of the molecule is O=C(c1cccnc1)N1CC2(C1)[C@H](c1ccccc1)[C@@H](CO)N2C(=O)c1cccnc1. The van der Waals surface area contributed by atoms with Gasteiger partial charge in [-0.3, -0.25) is 19.6 Å². The molecule has 5 rings (SSSR count). The minimum atomic E-state index is -0.556. The van der Waals surface area contributed by atoms with Gasteiger partial charge in [-0.05, 0) is 29.8 Å². The molecule has 2 fully saturated rings. The minimum absolute atomic E-state index is 0.0581. The van der Waals surface area contributed by atoms with Gasteiger partial charge >= 0.3 is 0 Å². The Balaban J connectivity index is 1.48. The molecule has 0 saturated carbocycles. The molecule has 1 N–H and O–H groups in total. The summed E-state index contributed by atoms with van der Waals surface area (Å²) in [6.07, 6.45) is 6.35. The van der Waals surface area contributed by atoms with Crippen LogP contribution in [0.4, 0.5) is 0 Å². The third-order valence-electron chi connectivity index (χ3n) is 6.37. The van der Waals surface area contributed by atoms with Crippen LogP contribution in [0, 0.1) is 0 Å². The number of benzene rings is 1. The molecular weight excluding hydrogens is 392 g/mol. The number of nitrogens with zero attached hydrogens (tertiary/aromatic N) is 4. The van der Waals surface area contributed by atoms with Crippen LogP contribution in [-0.4, -0.2) is 68.0 Å². The van der Waals surface area contributed by atoms with Gasteiger partial charge in [0.2, 0.25) is 0 Å². The van der Waals surface area contributed by atoms with Crippen molar-refractivity contribution < 1.29 is 14.7 Å². The highest BCUT2D eigenvalue weighted by molar-refractivity contribution is 5.98. The normalized spacial score (nSPS) is 21.3. The molecule has 31 heavy (non-hydrogen) atoms. The molecule has 2 amide bonds. The van der Waals surface area contributed by atoms with E-state index >= 15 is 0 Å². The van der Waals surface area contributed by atoms with Gasteiger partial charge in [0, 0.05) is 43.8 Å². The van der Waals surface area contributed by atoms with Crippen LogP contribution >= 0.6 is 0 Å². The van der Waals surface area contributed by atoms with Crippen LogP contribution in [-0.2, 0) is 0 Å². The van der Waals surface area contributed by atoms with E-state index in [1.807, 2.05) is 30.3 Å². The number of aromatic nitrogens is 2.